The first-order valence-corrected chi connectivity index (χ1v) is 8.07. The molecule has 2 aliphatic heterocycles. The fourth-order valence-electron chi connectivity index (χ4n) is 3.08. The van der Waals surface area contributed by atoms with Gasteiger partial charge in [0.2, 0.25) is 0 Å². The predicted molar refractivity (Wildman–Crippen MR) is 88.4 cm³/mol. The van der Waals surface area contributed by atoms with E-state index < -0.39 is 0 Å². The molecule has 0 radical (unpaired) electrons. The highest BCUT2D eigenvalue weighted by atomic mass is 16.5. The average Bonchev–Trinajstić information content (AvgIpc) is 2.62. The Kier molecular flexibility index (Phi) is 3.93. The molecular weight excluding hydrogens is 292 g/mol. The van der Waals surface area contributed by atoms with Crippen LogP contribution in [0.25, 0.3) is 16.6 Å². The lowest BCUT2D eigenvalue weighted by molar-refractivity contribution is 0.0986. The predicted octanol–water partition coefficient (Wildman–Crippen LogP) is 2.05. The minimum atomic E-state index is 0.290. The van der Waals surface area contributed by atoms with Gasteiger partial charge in [-0.1, -0.05) is 6.08 Å². The molecule has 120 valence electrons. The van der Waals surface area contributed by atoms with Gasteiger partial charge in [0.25, 0.3) is 0 Å². The van der Waals surface area contributed by atoms with Crippen molar-refractivity contribution < 1.29 is 9.47 Å². The monoisotopic (exact) mass is 312 g/mol. The van der Waals surface area contributed by atoms with Crippen molar-refractivity contribution in [2.45, 2.75) is 19.4 Å². The standard InChI is InChI=1S/C17H20N4O2/c1-12-11-23-10-7-21(12)17-14-3-2-6-18-16(14)19-15(20-17)13-4-8-22-9-5-13/h2-4,6,12H,5,7-11H2,1H3. The summed E-state index contributed by atoms with van der Waals surface area (Å²) in [6.07, 6.45) is 4.70. The Morgan fingerprint density at radius 1 is 1.22 bits per heavy atom. The molecule has 4 rings (SSSR count). The molecule has 0 saturated carbocycles. The van der Waals surface area contributed by atoms with Gasteiger partial charge in [-0.05, 0) is 31.1 Å². The second kappa shape index (κ2) is 6.22. The number of aromatic nitrogens is 3. The summed E-state index contributed by atoms with van der Waals surface area (Å²) in [6, 6.07) is 4.27. The molecule has 0 spiro atoms. The zero-order chi connectivity index (χ0) is 15.6. The second-order valence-corrected chi connectivity index (χ2v) is 5.92. The van der Waals surface area contributed by atoms with Crippen LogP contribution in [0.2, 0.25) is 0 Å². The quantitative estimate of drug-likeness (QED) is 0.846. The van der Waals surface area contributed by atoms with Crippen LogP contribution in [0.15, 0.2) is 24.4 Å². The van der Waals surface area contributed by atoms with Gasteiger partial charge in [0, 0.05) is 12.7 Å². The van der Waals surface area contributed by atoms with E-state index in [0.29, 0.717) is 12.6 Å². The number of hydrogen-bond acceptors (Lipinski definition) is 6. The van der Waals surface area contributed by atoms with E-state index in [-0.39, 0.29) is 0 Å². The normalized spacial score (nSPS) is 22.2. The van der Waals surface area contributed by atoms with Crippen LogP contribution < -0.4 is 4.90 Å². The van der Waals surface area contributed by atoms with Crippen molar-refractivity contribution in [3.8, 4) is 0 Å². The molecule has 1 saturated heterocycles. The molecule has 0 aromatic carbocycles. The first-order valence-electron chi connectivity index (χ1n) is 8.07. The number of morpholine rings is 1. The molecular formula is C17H20N4O2. The number of anilines is 1. The highest BCUT2D eigenvalue weighted by molar-refractivity contribution is 5.88. The van der Waals surface area contributed by atoms with Gasteiger partial charge < -0.3 is 14.4 Å². The van der Waals surface area contributed by atoms with Crippen molar-refractivity contribution in [1.29, 1.82) is 0 Å². The number of pyridine rings is 1. The topological polar surface area (TPSA) is 60.4 Å². The van der Waals surface area contributed by atoms with Crippen molar-refractivity contribution in [1.82, 2.24) is 15.0 Å². The van der Waals surface area contributed by atoms with Crippen molar-refractivity contribution in [3.63, 3.8) is 0 Å². The summed E-state index contributed by atoms with van der Waals surface area (Å²) in [5.74, 6) is 1.73. The molecule has 1 unspecified atom stereocenters. The van der Waals surface area contributed by atoms with E-state index >= 15 is 0 Å². The van der Waals surface area contributed by atoms with E-state index in [1.807, 2.05) is 12.1 Å². The van der Waals surface area contributed by atoms with Crippen LogP contribution in [-0.4, -0.2) is 54.0 Å². The molecule has 1 fully saturated rings. The zero-order valence-electron chi connectivity index (χ0n) is 13.2. The Morgan fingerprint density at radius 2 is 2.17 bits per heavy atom. The molecule has 4 heterocycles. The summed E-state index contributed by atoms with van der Waals surface area (Å²) in [5, 5.41) is 0.998. The molecule has 1 atom stereocenters. The maximum absolute atomic E-state index is 5.56. The Bertz CT molecular complexity index is 746. The van der Waals surface area contributed by atoms with Crippen LogP contribution in [0.1, 0.15) is 19.2 Å². The third-order valence-electron chi connectivity index (χ3n) is 4.34. The van der Waals surface area contributed by atoms with E-state index in [9.17, 15) is 0 Å². The molecule has 0 amide bonds. The van der Waals surface area contributed by atoms with Crippen LogP contribution in [0.5, 0.6) is 0 Å². The Labute approximate surface area is 135 Å². The van der Waals surface area contributed by atoms with Crippen LogP contribution in [0.4, 0.5) is 5.82 Å². The van der Waals surface area contributed by atoms with Gasteiger partial charge in [0.1, 0.15) is 5.82 Å². The average molecular weight is 312 g/mol. The summed E-state index contributed by atoms with van der Waals surface area (Å²) in [6.45, 7) is 5.79. The lowest BCUT2D eigenvalue weighted by Gasteiger charge is -2.35. The number of hydrogen-bond donors (Lipinski definition) is 0. The zero-order valence-corrected chi connectivity index (χ0v) is 13.2. The van der Waals surface area contributed by atoms with Crippen molar-refractivity contribution in [3.05, 3.63) is 30.2 Å². The van der Waals surface area contributed by atoms with Gasteiger partial charge in [0.05, 0.1) is 37.9 Å². The smallest absolute Gasteiger partial charge is 0.165 e. The Morgan fingerprint density at radius 3 is 3.00 bits per heavy atom. The summed E-state index contributed by atoms with van der Waals surface area (Å²) >= 11 is 0. The second-order valence-electron chi connectivity index (χ2n) is 5.92. The van der Waals surface area contributed by atoms with E-state index in [1.54, 1.807) is 6.20 Å². The van der Waals surface area contributed by atoms with E-state index in [1.165, 1.54) is 0 Å². The van der Waals surface area contributed by atoms with Gasteiger partial charge in [-0.15, -0.1) is 0 Å². The summed E-state index contributed by atoms with van der Waals surface area (Å²) in [5.41, 5.74) is 1.89. The first kappa shape index (κ1) is 14.5. The maximum Gasteiger partial charge on any atom is 0.165 e. The summed E-state index contributed by atoms with van der Waals surface area (Å²) < 4.78 is 11.0. The van der Waals surface area contributed by atoms with Crippen molar-refractivity contribution >= 4 is 22.4 Å². The van der Waals surface area contributed by atoms with Crippen molar-refractivity contribution in [2.75, 3.05) is 37.9 Å². The SMILES string of the molecule is CC1COCCN1c1nc(C2=CCOCC2)nc2ncccc12. The lowest BCUT2D eigenvalue weighted by Crippen LogP contribution is -2.44. The molecule has 0 N–H and O–H groups in total. The van der Waals surface area contributed by atoms with Gasteiger partial charge in [-0.2, -0.15) is 0 Å². The number of rotatable bonds is 2. The van der Waals surface area contributed by atoms with Crippen LogP contribution >= 0.6 is 0 Å². The van der Waals surface area contributed by atoms with Gasteiger partial charge >= 0.3 is 0 Å². The third-order valence-corrected chi connectivity index (χ3v) is 4.34. The molecule has 2 aromatic heterocycles. The van der Waals surface area contributed by atoms with Crippen LogP contribution in [0, 0.1) is 0 Å². The number of ether oxygens (including phenoxy) is 2. The maximum atomic E-state index is 5.56. The fraction of sp³-hybridized carbons (Fsp3) is 0.471. The Hall–Kier alpha value is -2.05. The van der Waals surface area contributed by atoms with Crippen LogP contribution in [-0.2, 0) is 9.47 Å². The van der Waals surface area contributed by atoms with Crippen LogP contribution in [0.3, 0.4) is 0 Å². The first-order chi connectivity index (χ1) is 11.3. The third kappa shape index (κ3) is 2.80. The molecule has 0 aliphatic carbocycles. The lowest BCUT2D eigenvalue weighted by atomic mass is 10.1. The van der Waals surface area contributed by atoms with Crippen molar-refractivity contribution in [2.24, 2.45) is 0 Å². The molecule has 6 nitrogen and oxygen atoms in total. The fourth-order valence-corrected chi connectivity index (χ4v) is 3.08. The molecule has 6 heteroatoms. The molecule has 2 aromatic rings. The minimum Gasteiger partial charge on any atom is -0.377 e. The Balaban J connectivity index is 1.85. The molecule has 0 bridgehead atoms. The highest BCUT2D eigenvalue weighted by Crippen LogP contribution is 2.28. The van der Waals surface area contributed by atoms with Gasteiger partial charge in [0.15, 0.2) is 11.5 Å². The van der Waals surface area contributed by atoms with E-state index in [4.69, 9.17) is 14.5 Å². The summed E-state index contributed by atoms with van der Waals surface area (Å²) in [7, 11) is 0. The van der Waals surface area contributed by atoms with E-state index in [2.05, 4.69) is 27.9 Å². The highest BCUT2D eigenvalue weighted by Gasteiger charge is 2.24. The largest absolute Gasteiger partial charge is 0.377 e. The number of fused-ring (bicyclic) bond motifs is 1. The van der Waals surface area contributed by atoms with E-state index in [0.717, 1.165) is 61.0 Å². The van der Waals surface area contributed by atoms with Gasteiger partial charge in [-0.25, -0.2) is 15.0 Å². The molecule has 2 aliphatic rings. The number of nitrogens with zero attached hydrogens (tertiary/aromatic N) is 4. The summed E-state index contributed by atoms with van der Waals surface area (Å²) in [4.78, 5) is 16.3. The minimum absolute atomic E-state index is 0.290. The molecule has 23 heavy (non-hydrogen) atoms. The van der Waals surface area contributed by atoms with Gasteiger partial charge in [-0.3, -0.25) is 0 Å².